The molecule has 1 heterocycles. The smallest absolute Gasteiger partial charge is 0.0558 e. The van der Waals surface area contributed by atoms with E-state index in [1.54, 1.807) is 0 Å². The van der Waals surface area contributed by atoms with Crippen molar-refractivity contribution < 1.29 is 5.11 Å². The molecule has 1 saturated carbocycles. The molecule has 4 nitrogen and oxygen atoms in total. The van der Waals surface area contributed by atoms with E-state index in [1.165, 1.54) is 24.1 Å². The molecular formula is C16H25N3O. The summed E-state index contributed by atoms with van der Waals surface area (Å²) < 4.78 is 0. The van der Waals surface area contributed by atoms with Crippen LogP contribution in [0.2, 0.25) is 0 Å². The van der Waals surface area contributed by atoms with Crippen LogP contribution in [0, 0.1) is 0 Å². The number of nitrogens with one attached hydrogen (secondary N) is 1. The highest BCUT2D eigenvalue weighted by atomic mass is 16.3. The van der Waals surface area contributed by atoms with Gasteiger partial charge in [-0.15, -0.1) is 0 Å². The number of anilines is 1. The van der Waals surface area contributed by atoms with E-state index in [0.717, 1.165) is 45.3 Å². The Kier molecular flexibility index (Phi) is 4.55. The summed E-state index contributed by atoms with van der Waals surface area (Å²) in [6.45, 7) is 6.26. The normalized spacial score (nSPS) is 20.4. The summed E-state index contributed by atoms with van der Waals surface area (Å²) in [5.74, 6) is 0. The fourth-order valence-corrected chi connectivity index (χ4v) is 2.86. The maximum Gasteiger partial charge on any atom is 0.0558 e. The fraction of sp³-hybridized carbons (Fsp3) is 0.625. The second-order valence-corrected chi connectivity index (χ2v) is 5.84. The Bertz CT molecular complexity index is 425. The van der Waals surface area contributed by atoms with Crippen LogP contribution < -0.4 is 10.2 Å². The number of para-hydroxylation sites is 1. The predicted octanol–water partition coefficient (Wildman–Crippen LogP) is 1.05. The first kappa shape index (κ1) is 13.9. The Morgan fingerprint density at radius 1 is 1.10 bits per heavy atom. The van der Waals surface area contributed by atoms with Gasteiger partial charge in [0.2, 0.25) is 0 Å². The molecule has 1 saturated heterocycles. The molecule has 0 spiro atoms. The molecule has 0 radical (unpaired) electrons. The van der Waals surface area contributed by atoms with Crippen molar-refractivity contribution in [3.8, 4) is 0 Å². The van der Waals surface area contributed by atoms with Gasteiger partial charge >= 0.3 is 0 Å². The lowest BCUT2D eigenvalue weighted by molar-refractivity contribution is 0.188. The number of hydrogen-bond donors (Lipinski definition) is 2. The molecule has 0 amide bonds. The van der Waals surface area contributed by atoms with Crippen LogP contribution >= 0.6 is 0 Å². The minimum atomic E-state index is 0.266. The molecule has 3 rings (SSSR count). The van der Waals surface area contributed by atoms with E-state index in [4.69, 9.17) is 5.11 Å². The van der Waals surface area contributed by atoms with Gasteiger partial charge in [-0.25, -0.2) is 0 Å². The van der Waals surface area contributed by atoms with Gasteiger partial charge in [0, 0.05) is 51.0 Å². The largest absolute Gasteiger partial charge is 0.395 e. The van der Waals surface area contributed by atoms with Gasteiger partial charge in [-0.05, 0) is 24.5 Å². The van der Waals surface area contributed by atoms with Crippen LogP contribution in [-0.2, 0) is 6.54 Å². The highest BCUT2D eigenvalue weighted by Crippen LogP contribution is 2.24. The van der Waals surface area contributed by atoms with Gasteiger partial charge in [-0.1, -0.05) is 18.2 Å². The number of piperazine rings is 1. The van der Waals surface area contributed by atoms with Crippen molar-refractivity contribution in [1.82, 2.24) is 10.2 Å². The van der Waals surface area contributed by atoms with Gasteiger partial charge in [0.25, 0.3) is 0 Å². The molecule has 20 heavy (non-hydrogen) atoms. The third-order valence-electron chi connectivity index (χ3n) is 4.28. The minimum Gasteiger partial charge on any atom is -0.395 e. The first-order valence-corrected chi connectivity index (χ1v) is 7.76. The molecular weight excluding hydrogens is 250 g/mol. The highest BCUT2D eigenvalue weighted by Gasteiger charge is 2.22. The SMILES string of the molecule is OCCN1CCN(c2ccccc2CNC2CC2)CC1. The molecule has 0 bridgehead atoms. The molecule has 2 aliphatic rings. The van der Waals surface area contributed by atoms with Crippen LogP contribution in [0.1, 0.15) is 18.4 Å². The predicted molar refractivity (Wildman–Crippen MR) is 82.0 cm³/mol. The van der Waals surface area contributed by atoms with E-state index in [9.17, 15) is 0 Å². The lowest BCUT2D eigenvalue weighted by atomic mass is 10.1. The van der Waals surface area contributed by atoms with E-state index in [-0.39, 0.29) is 6.61 Å². The van der Waals surface area contributed by atoms with E-state index in [2.05, 4.69) is 39.4 Å². The molecule has 0 aromatic heterocycles. The van der Waals surface area contributed by atoms with E-state index in [1.807, 2.05) is 0 Å². The summed E-state index contributed by atoms with van der Waals surface area (Å²) in [7, 11) is 0. The number of hydrogen-bond acceptors (Lipinski definition) is 4. The fourth-order valence-electron chi connectivity index (χ4n) is 2.86. The molecule has 1 aliphatic heterocycles. The second-order valence-electron chi connectivity index (χ2n) is 5.84. The molecule has 110 valence electrons. The van der Waals surface area contributed by atoms with Crippen LogP contribution in [0.4, 0.5) is 5.69 Å². The van der Waals surface area contributed by atoms with Gasteiger partial charge in [-0.2, -0.15) is 0 Å². The number of β-amino-alcohol motifs (C(OH)–C–C–N with tert-alkyl or cyclic N) is 1. The van der Waals surface area contributed by atoms with Gasteiger partial charge in [0.15, 0.2) is 0 Å². The summed E-state index contributed by atoms with van der Waals surface area (Å²) in [6.07, 6.45) is 2.67. The zero-order valence-electron chi connectivity index (χ0n) is 12.1. The van der Waals surface area contributed by atoms with Gasteiger partial charge in [0.1, 0.15) is 0 Å². The topological polar surface area (TPSA) is 38.7 Å². The third kappa shape index (κ3) is 3.51. The van der Waals surface area contributed by atoms with Crippen LogP contribution in [0.25, 0.3) is 0 Å². The van der Waals surface area contributed by atoms with Crippen molar-refractivity contribution in [2.75, 3.05) is 44.2 Å². The molecule has 4 heteroatoms. The third-order valence-corrected chi connectivity index (χ3v) is 4.28. The van der Waals surface area contributed by atoms with Crippen LogP contribution in [0.3, 0.4) is 0 Å². The summed E-state index contributed by atoms with van der Waals surface area (Å²) in [5.41, 5.74) is 2.79. The molecule has 1 aromatic carbocycles. The Hall–Kier alpha value is -1.10. The maximum absolute atomic E-state index is 9.01. The number of nitrogens with zero attached hydrogens (tertiary/aromatic N) is 2. The van der Waals surface area contributed by atoms with Crippen molar-refractivity contribution in [2.45, 2.75) is 25.4 Å². The van der Waals surface area contributed by atoms with Crippen molar-refractivity contribution in [3.05, 3.63) is 29.8 Å². The van der Waals surface area contributed by atoms with Crippen molar-refractivity contribution >= 4 is 5.69 Å². The highest BCUT2D eigenvalue weighted by molar-refractivity contribution is 5.54. The lowest BCUT2D eigenvalue weighted by Crippen LogP contribution is -2.47. The van der Waals surface area contributed by atoms with Gasteiger partial charge < -0.3 is 15.3 Å². The zero-order chi connectivity index (χ0) is 13.8. The summed E-state index contributed by atoms with van der Waals surface area (Å²) >= 11 is 0. The van der Waals surface area contributed by atoms with Crippen LogP contribution in [0.5, 0.6) is 0 Å². The van der Waals surface area contributed by atoms with Crippen molar-refractivity contribution in [1.29, 1.82) is 0 Å². The Balaban J connectivity index is 1.61. The van der Waals surface area contributed by atoms with Crippen molar-refractivity contribution in [3.63, 3.8) is 0 Å². The Morgan fingerprint density at radius 2 is 1.85 bits per heavy atom. The first-order valence-electron chi connectivity index (χ1n) is 7.76. The first-order chi connectivity index (χ1) is 9.86. The van der Waals surface area contributed by atoms with E-state index in [0.29, 0.717) is 0 Å². The average molecular weight is 275 g/mol. The summed E-state index contributed by atoms with van der Waals surface area (Å²) in [4.78, 5) is 4.82. The summed E-state index contributed by atoms with van der Waals surface area (Å²) in [6, 6.07) is 9.51. The molecule has 1 aliphatic carbocycles. The Labute approximate surface area is 121 Å². The number of rotatable bonds is 6. The van der Waals surface area contributed by atoms with E-state index < -0.39 is 0 Å². The molecule has 0 unspecified atom stereocenters. The average Bonchev–Trinajstić information content (AvgIpc) is 3.31. The molecule has 2 fully saturated rings. The van der Waals surface area contributed by atoms with Crippen LogP contribution in [0.15, 0.2) is 24.3 Å². The molecule has 2 N–H and O–H groups in total. The minimum absolute atomic E-state index is 0.266. The maximum atomic E-state index is 9.01. The molecule has 1 aromatic rings. The number of aliphatic hydroxyl groups is 1. The number of benzene rings is 1. The van der Waals surface area contributed by atoms with Gasteiger partial charge in [0.05, 0.1) is 6.61 Å². The lowest BCUT2D eigenvalue weighted by Gasteiger charge is -2.36. The second kappa shape index (κ2) is 6.57. The quantitative estimate of drug-likeness (QED) is 0.814. The monoisotopic (exact) mass is 275 g/mol. The molecule has 0 atom stereocenters. The van der Waals surface area contributed by atoms with Crippen molar-refractivity contribution in [2.24, 2.45) is 0 Å². The van der Waals surface area contributed by atoms with Crippen LogP contribution in [-0.4, -0.2) is 55.4 Å². The summed E-state index contributed by atoms with van der Waals surface area (Å²) in [5, 5.41) is 12.6. The van der Waals surface area contributed by atoms with Gasteiger partial charge in [-0.3, -0.25) is 4.90 Å². The van der Waals surface area contributed by atoms with E-state index >= 15 is 0 Å². The zero-order valence-corrected chi connectivity index (χ0v) is 12.1. The standard InChI is InChI=1S/C16H25N3O/c20-12-11-18-7-9-19(10-8-18)16-4-2-1-3-14(16)13-17-15-5-6-15/h1-4,15,17,20H,5-13H2. The Morgan fingerprint density at radius 3 is 2.55 bits per heavy atom. The number of aliphatic hydroxyl groups excluding tert-OH is 1.